The Bertz CT molecular complexity index is 1530. The fourth-order valence-electron chi connectivity index (χ4n) is 4.82. The number of carbonyl (C=O) groups excluding carboxylic acids is 2. The maximum atomic E-state index is 13.4. The lowest BCUT2D eigenvalue weighted by Crippen LogP contribution is -2.29. The van der Waals surface area contributed by atoms with Gasteiger partial charge in [-0.3, -0.25) is 14.6 Å². The number of aliphatic hydroxyl groups is 1. The molecule has 40 heavy (non-hydrogen) atoms. The van der Waals surface area contributed by atoms with E-state index in [0.717, 1.165) is 16.7 Å². The molecule has 5 rings (SSSR count). The lowest BCUT2D eigenvalue weighted by atomic mass is 9.95. The first-order valence-electron chi connectivity index (χ1n) is 13.1. The van der Waals surface area contributed by atoms with Crippen molar-refractivity contribution in [3.05, 3.63) is 131 Å². The summed E-state index contributed by atoms with van der Waals surface area (Å²) in [6.45, 7) is 5.02. The van der Waals surface area contributed by atoms with Crippen molar-refractivity contribution in [1.29, 1.82) is 0 Å². The second-order valence-corrected chi connectivity index (χ2v) is 9.59. The van der Waals surface area contributed by atoms with Gasteiger partial charge in [0.2, 0.25) is 0 Å². The fourth-order valence-corrected chi connectivity index (χ4v) is 4.82. The Hall–Kier alpha value is -4.91. The van der Waals surface area contributed by atoms with Crippen molar-refractivity contribution in [2.75, 3.05) is 6.61 Å². The first-order chi connectivity index (χ1) is 19.4. The molecule has 0 radical (unpaired) electrons. The van der Waals surface area contributed by atoms with Crippen LogP contribution < -0.4 is 9.47 Å². The molecule has 1 saturated heterocycles. The van der Waals surface area contributed by atoms with Crippen LogP contribution in [-0.2, 0) is 22.7 Å². The summed E-state index contributed by atoms with van der Waals surface area (Å²) in [6, 6.07) is 25.0. The molecular formula is C33H30N2O5. The molecule has 4 aromatic rings. The van der Waals surface area contributed by atoms with E-state index in [4.69, 9.17) is 9.47 Å². The van der Waals surface area contributed by atoms with Gasteiger partial charge in [-0.15, -0.1) is 0 Å². The number of pyridine rings is 1. The molecule has 1 fully saturated rings. The molecule has 0 aliphatic carbocycles. The fraction of sp³-hybridized carbons (Fsp3) is 0.182. The summed E-state index contributed by atoms with van der Waals surface area (Å²) in [7, 11) is 0. The van der Waals surface area contributed by atoms with Gasteiger partial charge in [-0.25, -0.2) is 0 Å². The summed E-state index contributed by atoms with van der Waals surface area (Å²) in [5.74, 6) is -0.353. The highest BCUT2D eigenvalue weighted by Crippen LogP contribution is 2.40. The molecule has 1 N–H and O–H groups in total. The SMILES string of the molecule is CCOc1ccc(C2/C(=C(\O)c3ccc(OCc4cccc(C)c4)cc3)C(=O)C(=O)N2Cc2cccnc2)cc1. The third kappa shape index (κ3) is 5.73. The van der Waals surface area contributed by atoms with Crippen LogP contribution >= 0.6 is 0 Å². The number of aliphatic hydroxyl groups excluding tert-OH is 1. The summed E-state index contributed by atoms with van der Waals surface area (Å²) in [5.41, 5.74) is 4.12. The Balaban J connectivity index is 1.47. The number of carbonyl (C=O) groups is 2. The number of aryl methyl sites for hydroxylation is 1. The van der Waals surface area contributed by atoms with Crippen LogP contribution in [0.5, 0.6) is 11.5 Å². The quantitative estimate of drug-likeness (QED) is 0.161. The lowest BCUT2D eigenvalue weighted by Gasteiger charge is -2.25. The van der Waals surface area contributed by atoms with Crippen molar-refractivity contribution < 1.29 is 24.2 Å². The topological polar surface area (TPSA) is 89.0 Å². The minimum atomic E-state index is -0.784. The van der Waals surface area contributed by atoms with Crippen LogP contribution in [0, 0.1) is 6.92 Å². The Morgan fingerprint density at radius 1 is 0.900 bits per heavy atom. The van der Waals surface area contributed by atoms with Crippen LogP contribution in [0.3, 0.4) is 0 Å². The maximum absolute atomic E-state index is 13.4. The number of rotatable bonds is 9. The third-order valence-electron chi connectivity index (χ3n) is 6.74. The second-order valence-electron chi connectivity index (χ2n) is 9.59. The van der Waals surface area contributed by atoms with E-state index in [1.165, 1.54) is 4.90 Å². The van der Waals surface area contributed by atoms with E-state index in [9.17, 15) is 14.7 Å². The van der Waals surface area contributed by atoms with Crippen LogP contribution in [0.1, 0.15) is 40.8 Å². The zero-order valence-corrected chi connectivity index (χ0v) is 22.4. The molecule has 0 bridgehead atoms. The van der Waals surface area contributed by atoms with E-state index >= 15 is 0 Å². The number of hydrogen-bond acceptors (Lipinski definition) is 6. The normalized spacial score (nSPS) is 16.2. The first kappa shape index (κ1) is 26.7. The van der Waals surface area contributed by atoms with Crippen molar-refractivity contribution in [3.63, 3.8) is 0 Å². The Morgan fingerprint density at radius 3 is 2.27 bits per heavy atom. The van der Waals surface area contributed by atoms with E-state index < -0.39 is 17.7 Å². The Kier molecular flexibility index (Phi) is 7.92. The number of Topliss-reactive ketones (excluding diaryl/α,β-unsaturated/α-hetero) is 1. The largest absolute Gasteiger partial charge is 0.507 e. The second kappa shape index (κ2) is 11.9. The molecule has 3 aromatic carbocycles. The van der Waals surface area contributed by atoms with Gasteiger partial charge in [-0.05, 0) is 73.0 Å². The number of hydrogen-bond donors (Lipinski definition) is 1. The van der Waals surface area contributed by atoms with Gasteiger partial charge in [-0.2, -0.15) is 0 Å². The van der Waals surface area contributed by atoms with Crippen molar-refractivity contribution in [3.8, 4) is 11.5 Å². The lowest BCUT2D eigenvalue weighted by molar-refractivity contribution is -0.140. The molecule has 1 aromatic heterocycles. The predicted octanol–water partition coefficient (Wildman–Crippen LogP) is 5.99. The highest BCUT2D eigenvalue weighted by atomic mass is 16.5. The number of amides is 1. The van der Waals surface area contributed by atoms with Gasteiger partial charge in [0, 0.05) is 24.5 Å². The molecule has 1 aliphatic heterocycles. The van der Waals surface area contributed by atoms with Gasteiger partial charge < -0.3 is 19.5 Å². The van der Waals surface area contributed by atoms with Crippen LogP contribution in [0.25, 0.3) is 5.76 Å². The van der Waals surface area contributed by atoms with Crippen molar-refractivity contribution in [1.82, 2.24) is 9.88 Å². The molecule has 7 heteroatoms. The summed E-state index contributed by atoms with van der Waals surface area (Å²) < 4.78 is 11.5. The molecule has 1 unspecified atom stereocenters. The van der Waals surface area contributed by atoms with Crippen LogP contribution in [0.4, 0.5) is 0 Å². The zero-order valence-electron chi connectivity index (χ0n) is 22.4. The van der Waals surface area contributed by atoms with Gasteiger partial charge in [-0.1, -0.05) is 48.0 Å². The highest BCUT2D eigenvalue weighted by Gasteiger charge is 2.46. The van der Waals surface area contributed by atoms with Crippen molar-refractivity contribution >= 4 is 17.4 Å². The summed E-state index contributed by atoms with van der Waals surface area (Å²) in [6.07, 6.45) is 3.31. The Labute approximate surface area is 233 Å². The third-order valence-corrected chi connectivity index (χ3v) is 6.74. The molecule has 1 aliphatic rings. The first-order valence-corrected chi connectivity index (χ1v) is 13.1. The number of aromatic nitrogens is 1. The molecule has 7 nitrogen and oxygen atoms in total. The van der Waals surface area contributed by atoms with E-state index in [1.54, 1.807) is 54.9 Å². The summed E-state index contributed by atoms with van der Waals surface area (Å²) >= 11 is 0. The highest BCUT2D eigenvalue weighted by molar-refractivity contribution is 6.46. The number of nitrogens with zero attached hydrogens (tertiary/aromatic N) is 2. The number of ether oxygens (including phenoxy) is 2. The van der Waals surface area contributed by atoms with Crippen molar-refractivity contribution in [2.24, 2.45) is 0 Å². The van der Waals surface area contributed by atoms with E-state index in [0.29, 0.717) is 35.8 Å². The average Bonchev–Trinajstić information content (AvgIpc) is 3.22. The maximum Gasteiger partial charge on any atom is 0.295 e. The minimum absolute atomic E-state index is 0.0338. The molecule has 1 atom stereocenters. The smallest absolute Gasteiger partial charge is 0.295 e. The van der Waals surface area contributed by atoms with Gasteiger partial charge in [0.05, 0.1) is 18.2 Å². The van der Waals surface area contributed by atoms with Gasteiger partial charge in [0.25, 0.3) is 11.7 Å². The standard InChI is InChI=1S/C33H30N2O5/c1-3-39-27-13-9-25(10-14-27)30-29(32(37)33(38)35(30)20-24-8-5-17-34-19-24)31(36)26-11-15-28(16-12-26)40-21-23-7-4-6-22(2)18-23/h4-19,30,36H,3,20-21H2,1-2H3/b31-29+. The molecule has 202 valence electrons. The van der Waals surface area contributed by atoms with E-state index in [2.05, 4.69) is 11.1 Å². The number of likely N-dealkylation sites (tertiary alicyclic amines) is 1. The van der Waals surface area contributed by atoms with E-state index in [-0.39, 0.29) is 17.9 Å². The van der Waals surface area contributed by atoms with E-state index in [1.807, 2.05) is 50.2 Å². The van der Waals surface area contributed by atoms with Gasteiger partial charge >= 0.3 is 0 Å². The van der Waals surface area contributed by atoms with Gasteiger partial charge in [0.1, 0.15) is 23.9 Å². The zero-order chi connectivity index (χ0) is 28.1. The number of benzene rings is 3. The summed E-state index contributed by atoms with van der Waals surface area (Å²) in [5, 5.41) is 11.4. The summed E-state index contributed by atoms with van der Waals surface area (Å²) in [4.78, 5) is 32.2. The van der Waals surface area contributed by atoms with Crippen LogP contribution in [0.15, 0.2) is 103 Å². The number of ketones is 1. The molecule has 1 amide bonds. The van der Waals surface area contributed by atoms with Crippen LogP contribution in [-0.4, -0.2) is 33.3 Å². The molecule has 2 heterocycles. The van der Waals surface area contributed by atoms with Crippen LogP contribution in [0.2, 0.25) is 0 Å². The average molecular weight is 535 g/mol. The van der Waals surface area contributed by atoms with Crippen molar-refractivity contribution in [2.45, 2.75) is 33.0 Å². The molecule has 0 saturated carbocycles. The molecule has 0 spiro atoms. The minimum Gasteiger partial charge on any atom is -0.507 e. The monoisotopic (exact) mass is 534 g/mol. The van der Waals surface area contributed by atoms with Gasteiger partial charge in [0.15, 0.2) is 0 Å². The molecular weight excluding hydrogens is 504 g/mol. The Morgan fingerprint density at radius 2 is 1.60 bits per heavy atom. The predicted molar refractivity (Wildman–Crippen MR) is 152 cm³/mol.